The van der Waals surface area contributed by atoms with Gasteiger partial charge in [0, 0.05) is 18.8 Å². The molecule has 1 heterocycles. The first-order chi connectivity index (χ1) is 9.31. The second-order valence-electron chi connectivity index (χ2n) is 4.25. The minimum absolute atomic E-state index is 0.557. The molecule has 0 amide bonds. The van der Waals surface area contributed by atoms with Gasteiger partial charge in [-0.1, -0.05) is 26.0 Å². The van der Waals surface area contributed by atoms with Crippen molar-refractivity contribution in [1.29, 1.82) is 0 Å². The third-order valence-corrected chi connectivity index (χ3v) is 2.69. The lowest BCUT2D eigenvalue weighted by molar-refractivity contribution is 0.461. The molecule has 0 bridgehead atoms. The fourth-order valence-electron chi connectivity index (χ4n) is 1.67. The Hall–Kier alpha value is -2.10. The Morgan fingerprint density at radius 1 is 1.21 bits per heavy atom. The first-order valence-electron chi connectivity index (χ1n) is 6.65. The number of aromatic nitrogens is 2. The Labute approximate surface area is 113 Å². The number of nitrogens with zero attached hydrogens (tertiary/aromatic N) is 2. The molecule has 0 saturated carbocycles. The van der Waals surface area contributed by atoms with E-state index in [9.17, 15) is 0 Å². The SMILES string of the molecule is CCCNc1nccc(Oc2cccc(CC)c2)n1. The van der Waals surface area contributed by atoms with E-state index in [0.29, 0.717) is 11.8 Å². The highest BCUT2D eigenvalue weighted by Crippen LogP contribution is 2.21. The molecule has 0 radical (unpaired) electrons. The molecule has 1 aromatic heterocycles. The van der Waals surface area contributed by atoms with Gasteiger partial charge in [0.2, 0.25) is 11.8 Å². The van der Waals surface area contributed by atoms with Gasteiger partial charge >= 0.3 is 0 Å². The molecule has 1 aromatic carbocycles. The van der Waals surface area contributed by atoms with E-state index < -0.39 is 0 Å². The predicted molar refractivity (Wildman–Crippen MR) is 76.7 cm³/mol. The van der Waals surface area contributed by atoms with Crippen molar-refractivity contribution in [2.24, 2.45) is 0 Å². The Kier molecular flexibility index (Phi) is 4.72. The summed E-state index contributed by atoms with van der Waals surface area (Å²) in [4.78, 5) is 8.47. The maximum atomic E-state index is 5.75. The average molecular weight is 257 g/mol. The second kappa shape index (κ2) is 6.73. The van der Waals surface area contributed by atoms with Crippen molar-refractivity contribution in [3.8, 4) is 11.6 Å². The van der Waals surface area contributed by atoms with Gasteiger partial charge in [-0.15, -0.1) is 0 Å². The monoisotopic (exact) mass is 257 g/mol. The van der Waals surface area contributed by atoms with Crippen LogP contribution in [0.25, 0.3) is 0 Å². The highest BCUT2D eigenvalue weighted by atomic mass is 16.5. The quantitative estimate of drug-likeness (QED) is 0.858. The number of nitrogens with one attached hydrogen (secondary N) is 1. The van der Waals surface area contributed by atoms with Crippen LogP contribution in [0.1, 0.15) is 25.8 Å². The molecule has 100 valence electrons. The smallest absolute Gasteiger partial charge is 0.225 e. The molecule has 2 aromatic rings. The van der Waals surface area contributed by atoms with Crippen LogP contribution in [-0.2, 0) is 6.42 Å². The van der Waals surface area contributed by atoms with Gasteiger partial charge in [-0.25, -0.2) is 4.98 Å². The molecule has 4 heteroatoms. The lowest BCUT2D eigenvalue weighted by Crippen LogP contribution is -2.04. The fraction of sp³-hybridized carbons (Fsp3) is 0.333. The summed E-state index contributed by atoms with van der Waals surface area (Å²) in [6, 6.07) is 9.80. The second-order valence-corrected chi connectivity index (χ2v) is 4.25. The Morgan fingerprint density at radius 3 is 2.89 bits per heavy atom. The molecule has 0 aliphatic rings. The van der Waals surface area contributed by atoms with Crippen LogP contribution in [0.15, 0.2) is 36.5 Å². The maximum Gasteiger partial charge on any atom is 0.225 e. The lowest BCUT2D eigenvalue weighted by Gasteiger charge is -2.07. The van der Waals surface area contributed by atoms with Gasteiger partial charge < -0.3 is 10.1 Å². The number of aryl methyl sites for hydroxylation is 1. The number of ether oxygens (including phenoxy) is 1. The van der Waals surface area contributed by atoms with Crippen LogP contribution < -0.4 is 10.1 Å². The minimum Gasteiger partial charge on any atom is -0.439 e. The number of rotatable bonds is 6. The summed E-state index contributed by atoms with van der Waals surface area (Å²) in [5.41, 5.74) is 1.25. The molecule has 0 spiro atoms. The van der Waals surface area contributed by atoms with Crippen molar-refractivity contribution >= 4 is 5.95 Å². The van der Waals surface area contributed by atoms with Crippen LogP contribution in [0.3, 0.4) is 0 Å². The number of hydrogen-bond acceptors (Lipinski definition) is 4. The number of benzene rings is 1. The standard InChI is InChI=1S/C15H19N3O/c1-3-9-16-15-17-10-8-14(18-15)19-13-7-5-6-12(4-2)11-13/h5-8,10-11H,3-4,9H2,1-2H3,(H,16,17,18). The van der Waals surface area contributed by atoms with E-state index in [-0.39, 0.29) is 0 Å². The number of anilines is 1. The summed E-state index contributed by atoms with van der Waals surface area (Å²) in [6.07, 6.45) is 3.72. The first kappa shape index (κ1) is 13.3. The van der Waals surface area contributed by atoms with Crippen molar-refractivity contribution < 1.29 is 4.74 Å². The van der Waals surface area contributed by atoms with Gasteiger partial charge in [-0.2, -0.15) is 4.98 Å². The molecule has 19 heavy (non-hydrogen) atoms. The van der Waals surface area contributed by atoms with Crippen LogP contribution >= 0.6 is 0 Å². The van der Waals surface area contributed by atoms with Crippen molar-refractivity contribution in [1.82, 2.24) is 9.97 Å². The summed E-state index contributed by atoms with van der Waals surface area (Å²) in [7, 11) is 0. The predicted octanol–water partition coefficient (Wildman–Crippen LogP) is 3.65. The van der Waals surface area contributed by atoms with E-state index in [4.69, 9.17) is 4.74 Å². The largest absolute Gasteiger partial charge is 0.439 e. The summed E-state index contributed by atoms with van der Waals surface area (Å²) >= 11 is 0. The van der Waals surface area contributed by atoms with Gasteiger partial charge in [0.15, 0.2) is 0 Å². The minimum atomic E-state index is 0.557. The fourth-order valence-corrected chi connectivity index (χ4v) is 1.67. The van der Waals surface area contributed by atoms with Crippen LogP contribution in [-0.4, -0.2) is 16.5 Å². The topological polar surface area (TPSA) is 47.0 Å². The van der Waals surface area contributed by atoms with E-state index in [2.05, 4.69) is 35.2 Å². The van der Waals surface area contributed by atoms with Gasteiger partial charge in [0.1, 0.15) is 5.75 Å². The summed E-state index contributed by atoms with van der Waals surface area (Å²) in [5, 5.41) is 3.14. The molecule has 0 atom stereocenters. The molecule has 1 N–H and O–H groups in total. The third kappa shape index (κ3) is 3.95. The molecule has 0 unspecified atom stereocenters. The van der Waals surface area contributed by atoms with Gasteiger partial charge in [0.05, 0.1) is 0 Å². The molecule has 4 nitrogen and oxygen atoms in total. The highest BCUT2D eigenvalue weighted by molar-refractivity contribution is 5.33. The van der Waals surface area contributed by atoms with E-state index in [1.54, 1.807) is 12.3 Å². The lowest BCUT2D eigenvalue weighted by atomic mass is 10.2. The van der Waals surface area contributed by atoms with Crippen LogP contribution in [0, 0.1) is 0 Å². The van der Waals surface area contributed by atoms with Gasteiger partial charge in [-0.05, 0) is 30.5 Å². The third-order valence-electron chi connectivity index (χ3n) is 2.69. The molecule has 0 aliphatic carbocycles. The normalized spacial score (nSPS) is 10.2. The van der Waals surface area contributed by atoms with Crippen molar-refractivity contribution in [2.75, 3.05) is 11.9 Å². The van der Waals surface area contributed by atoms with Crippen LogP contribution in [0.5, 0.6) is 11.6 Å². The van der Waals surface area contributed by atoms with Gasteiger partial charge in [-0.3, -0.25) is 0 Å². The molecular formula is C15H19N3O. The zero-order chi connectivity index (χ0) is 13.5. The summed E-state index contributed by atoms with van der Waals surface area (Å²) in [5.74, 6) is 1.97. The van der Waals surface area contributed by atoms with E-state index >= 15 is 0 Å². The van der Waals surface area contributed by atoms with Crippen LogP contribution in [0.2, 0.25) is 0 Å². The van der Waals surface area contributed by atoms with Crippen molar-refractivity contribution in [2.45, 2.75) is 26.7 Å². The van der Waals surface area contributed by atoms with Crippen LogP contribution in [0.4, 0.5) is 5.95 Å². The Morgan fingerprint density at radius 2 is 2.11 bits per heavy atom. The van der Waals surface area contributed by atoms with E-state index in [1.165, 1.54) is 5.56 Å². The van der Waals surface area contributed by atoms with E-state index in [1.807, 2.05) is 18.2 Å². The Bertz CT molecular complexity index is 528. The molecular weight excluding hydrogens is 238 g/mol. The molecule has 0 aliphatic heterocycles. The number of hydrogen-bond donors (Lipinski definition) is 1. The zero-order valence-electron chi connectivity index (χ0n) is 11.4. The molecule has 2 rings (SSSR count). The Balaban J connectivity index is 2.09. The van der Waals surface area contributed by atoms with E-state index in [0.717, 1.165) is 25.1 Å². The molecule has 0 saturated heterocycles. The van der Waals surface area contributed by atoms with Crippen molar-refractivity contribution in [3.63, 3.8) is 0 Å². The average Bonchev–Trinajstić information content (AvgIpc) is 2.46. The zero-order valence-corrected chi connectivity index (χ0v) is 11.4. The highest BCUT2D eigenvalue weighted by Gasteiger charge is 2.02. The maximum absolute atomic E-state index is 5.75. The summed E-state index contributed by atoms with van der Waals surface area (Å²) < 4.78 is 5.75. The van der Waals surface area contributed by atoms with Gasteiger partial charge in [0.25, 0.3) is 0 Å². The molecule has 0 fully saturated rings. The summed E-state index contributed by atoms with van der Waals surface area (Å²) in [6.45, 7) is 5.08. The first-order valence-corrected chi connectivity index (χ1v) is 6.65. The van der Waals surface area contributed by atoms with Crippen molar-refractivity contribution in [3.05, 3.63) is 42.1 Å².